The van der Waals surface area contributed by atoms with Gasteiger partial charge in [-0.3, -0.25) is 34.8 Å². The van der Waals surface area contributed by atoms with Crippen LogP contribution in [0.4, 0.5) is 11.4 Å². The molecule has 0 fully saturated rings. The van der Waals surface area contributed by atoms with Crippen molar-refractivity contribution in [3.05, 3.63) is 106 Å². The quantitative estimate of drug-likeness (QED) is 0.156. The lowest BCUT2D eigenvalue weighted by Gasteiger charge is -2.06. The first kappa shape index (κ1) is 24.8. The Bertz CT molecular complexity index is 1310. The van der Waals surface area contributed by atoms with Crippen molar-refractivity contribution in [1.82, 2.24) is 20.2 Å². The van der Waals surface area contributed by atoms with Gasteiger partial charge in [-0.15, -0.1) is 0 Å². The van der Waals surface area contributed by atoms with Crippen molar-refractivity contribution in [2.75, 3.05) is 5.32 Å². The summed E-state index contributed by atoms with van der Waals surface area (Å²) in [4.78, 5) is 36.8. The number of aryl methyl sites for hydroxylation is 1. The number of benzene rings is 1. The fraction of sp³-hybridized carbons (Fsp3) is 0.130. The number of hydrogen-bond donors (Lipinski definition) is 3. The topological polar surface area (TPSA) is 171 Å². The molecule has 0 aliphatic rings. The van der Waals surface area contributed by atoms with Crippen molar-refractivity contribution in [3.8, 4) is 0 Å². The number of anilines is 1. The molecule has 184 valence electrons. The maximum Gasteiger partial charge on any atom is 0.307 e. The average Bonchev–Trinajstić information content (AvgIpc) is 3.55. The highest BCUT2D eigenvalue weighted by molar-refractivity contribution is 6.04. The largest absolute Gasteiger partial charge is 0.454 e. The van der Waals surface area contributed by atoms with Crippen molar-refractivity contribution in [2.45, 2.75) is 19.9 Å². The summed E-state index contributed by atoms with van der Waals surface area (Å²) in [5.74, 6) is 4.77. The molecule has 4 rings (SSSR count). The Balaban J connectivity index is 0.000000351. The molecular formula is C23H27N7O5. The molecule has 0 saturated carbocycles. The predicted octanol–water partition coefficient (Wildman–Crippen LogP) is 3.42. The van der Waals surface area contributed by atoms with Gasteiger partial charge in [-0.1, -0.05) is 19.1 Å². The Morgan fingerprint density at radius 3 is 2.66 bits per heavy atom. The van der Waals surface area contributed by atoms with Crippen LogP contribution in [-0.4, -0.2) is 31.5 Å². The van der Waals surface area contributed by atoms with E-state index in [1.165, 1.54) is 22.5 Å². The molecule has 1 aromatic carbocycles. The maximum atomic E-state index is 11.9. The van der Waals surface area contributed by atoms with Crippen molar-refractivity contribution in [2.24, 2.45) is 5.84 Å². The highest BCUT2D eigenvalue weighted by Gasteiger charge is 2.12. The van der Waals surface area contributed by atoms with Gasteiger partial charge >= 0.3 is 11.6 Å². The second kappa shape index (κ2) is 11.9. The van der Waals surface area contributed by atoms with Crippen LogP contribution in [0.25, 0.3) is 0 Å². The number of nitrogens with one attached hydrogen (secondary N) is 2. The zero-order chi connectivity index (χ0) is 25.2. The van der Waals surface area contributed by atoms with Gasteiger partial charge in [0, 0.05) is 20.9 Å². The van der Waals surface area contributed by atoms with Crippen molar-refractivity contribution in [1.29, 1.82) is 0 Å². The molecule has 12 heteroatoms. The van der Waals surface area contributed by atoms with E-state index in [1.807, 2.05) is 29.7 Å². The highest BCUT2D eigenvalue weighted by atomic mass is 16.6. The molecular weight excluding hydrogens is 454 g/mol. The molecule has 12 nitrogen and oxygen atoms in total. The number of hydrogen-bond acceptors (Lipinski definition) is 8. The minimum absolute atomic E-state index is 0. The molecule has 0 aliphatic carbocycles. The van der Waals surface area contributed by atoms with Gasteiger partial charge in [0.2, 0.25) is 0 Å². The summed E-state index contributed by atoms with van der Waals surface area (Å²) < 4.78 is 6.52. The Morgan fingerprint density at radius 1 is 1.17 bits per heavy atom. The summed E-state index contributed by atoms with van der Waals surface area (Å²) in [6.45, 7) is 2.27. The third kappa shape index (κ3) is 7.07. The molecule has 0 spiro atoms. The van der Waals surface area contributed by atoms with E-state index in [4.69, 9.17) is 10.3 Å². The number of amides is 2. The molecule has 2 amide bonds. The van der Waals surface area contributed by atoms with E-state index in [1.54, 1.807) is 30.6 Å². The summed E-state index contributed by atoms with van der Waals surface area (Å²) in [6, 6.07) is 14.4. The zero-order valence-electron chi connectivity index (χ0n) is 18.7. The Hall–Kier alpha value is -4.84. The van der Waals surface area contributed by atoms with Gasteiger partial charge in [-0.05, 0) is 48.4 Å². The van der Waals surface area contributed by atoms with E-state index in [-0.39, 0.29) is 26.8 Å². The van der Waals surface area contributed by atoms with E-state index in [0.29, 0.717) is 11.3 Å². The van der Waals surface area contributed by atoms with Crippen molar-refractivity contribution < 1.29 is 21.8 Å². The number of hydrazine groups is 1. The van der Waals surface area contributed by atoms with Crippen LogP contribution in [-0.2, 0) is 13.0 Å². The lowest BCUT2D eigenvalue weighted by Crippen LogP contribution is -2.29. The molecule has 4 N–H and O–H groups in total. The number of pyridine rings is 1. The molecule has 0 unspecified atom stereocenters. The van der Waals surface area contributed by atoms with Crippen LogP contribution >= 0.6 is 0 Å². The monoisotopic (exact) mass is 481 g/mol. The number of nitrogen functional groups attached to an aromatic ring is 1. The lowest BCUT2D eigenvalue weighted by atomic mass is 10.1. The number of rotatable bonds is 7. The van der Waals surface area contributed by atoms with E-state index in [9.17, 15) is 19.7 Å². The van der Waals surface area contributed by atoms with Gasteiger partial charge in [0.05, 0.1) is 17.0 Å². The number of nitrogens with zero attached hydrogens (tertiary/aromatic N) is 4. The van der Waals surface area contributed by atoms with E-state index < -0.39 is 10.8 Å². The van der Waals surface area contributed by atoms with Gasteiger partial charge in [-0.2, -0.15) is 5.10 Å². The molecule has 0 radical (unpaired) electrons. The van der Waals surface area contributed by atoms with Gasteiger partial charge in [0.25, 0.3) is 5.91 Å². The summed E-state index contributed by atoms with van der Waals surface area (Å²) >= 11 is 0. The molecule has 0 saturated heterocycles. The first-order valence-electron chi connectivity index (χ1n) is 10.5. The third-order valence-corrected chi connectivity index (χ3v) is 4.68. The Kier molecular flexibility index (Phi) is 8.40. The Labute approximate surface area is 202 Å². The number of aromatic nitrogens is 3. The lowest BCUT2D eigenvalue weighted by molar-refractivity contribution is -0.385. The summed E-state index contributed by atoms with van der Waals surface area (Å²) in [6.07, 6.45) is 6.56. The summed E-state index contributed by atoms with van der Waals surface area (Å²) in [5.41, 5.74) is 4.41. The summed E-state index contributed by atoms with van der Waals surface area (Å²) in [7, 11) is 0. The maximum absolute atomic E-state index is 11.9. The van der Waals surface area contributed by atoms with Crippen LogP contribution in [0.3, 0.4) is 0 Å². The fourth-order valence-electron chi connectivity index (χ4n) is 2.92. The number of nitrogens with two attached hydrogens (primary N) is 1. The predicted molar refractivity (Wildman–Crippen MR) is 131 cm³/mol. The highest BCUT2D eigenvalue weighted by Crippen LogP contribution is 2.13. The van der Waals surface area contributed by atoms with Crippen LogP contribution in [0.15, 0.2) is 77.7 Å². The van der Waals surface area contributed by atoms with Crippen LogP contribution in [0.5, 0.6) is 0 Å². The van der Waals surface area contributed by atoms with Gasteiger partial charge in [0.15, 0.2) is 5.76 Å². The fourth-order valence-corrected chi connectivity index (χ4v) is 2.92. The van der Waals surface area contributed by atoms with Gasteiger partial charge in [-0.25, -0.2) is 5.84 Å². The van der Waals surface area contributed by atoms with E-state index in [0.717, 1.165) is 18.3 Å². The Morgan fingerprint density at radius 2 is 2.00 bits per heavy atom. The first-order valence-corrected chi connectivity index (χ1v) is 10.5. The van der Waals surface area contributed by atoms with Gasteiger partial charge < -0.3 is 9.73 Å². The summed E-state index contributed by atoms with van der Waals surface area (Å²) in [5, 5.41) is 17.1. The molecule has 0 atom stereocenters. The second-order valence-electron chi connectivity index (χ2n) is 7.14. The smallest absolute Gasteiger partial charge is 0.307 e. The molecule has 3 aromatic heterocycles. The van der Waals surface area contributed by atoms with E-state index in [2.05, 4.69) is 22.3 Å². The first-order chi connectivity index (χ1) is 16.9. The SMILES string of the molecule is CCc1cccc(NC(=O)c2cccnc2)c1.NNC(=O)c1ccc(Cn2cc([N+](=O)[O-])cn2)o1.[HH].[HH]. The standard InChI is InChI=1S/C14H14N2O.C9H9N5O4.2H2/c1-2-11-5-3-7-13(9-11)16-14(17)12-6-4-8-15-10-12;10-12-9(15)8-2-1-7(18-8)5-13-4-6(3-11-13)14(16)17;;/h3-10H,2H2,1H3,(H,16,17);1-4H,5,10H2,(H,12,15);2*1H. The number of nitro groups is 1. The number of carbonyl (C=O) groups is 2. The second-order valence-corrected chi connectivity index (χ2v) is 7.14. The number of furan rings is 1. The van der Waals surface area contributed by atoms with Crippen LogP contribution in [0.1, 0.15) is 42.0 Å². The minimum atomic E-state index is -0.548. The molecule has 3 heterocycles. The minimum Gasteiger partial charge on any atom is -0.454 e. The zero-order valence-corrected chi connectivity index (χ0v) is 18.7. The number of carbonyl (C=O) groups excluding carboxylic acids is 2. The molecule has 4 aromatic rings. The van der Waals surface area contributed by atoms with Crippen LogP contribution < -0.4 is 16.6 Å². The van der Waals surface area contributed by atoms with Crippen LogP contribution in [0, 0.1) is 10.1 Å². The van der Waals surface area contributed by atoms with Gasteiger partial charge in [0.1, 0.15) is 18.2 Å². The third-order valence-electron chi connectivity index (χ3n) is 4.68. The average molecular weight is 482 g/mol. The van der Waals surface area contributed by atoms with E-state index >= 15 is 0 Å². The molecule has 0 bridgehead atoms. The normalized spacial score (nSPS) is 10.1. The molecule has 0 aliphatic heterocycles. The molecule has 35 heavy (non-hydrogen) atoms. The van der Waals surface area contributed by atoms with Crippen LogP contribution in [0.2, 0.25) is 0 Å². The van der Waals surface area contributed by atoms with Crippen molar-refractivity contribution in [3.63, 3.8) is 0 Å². The van der Waals surface area contributed by atoms with Crippen molar-refractivity contribution >= 4 is 23.2 Å².